The van der Waals surface area contributed by atoms with E-state index in [-0.39, 0.29) is 0 Å². The van der Waals surface area contributed by atoms with Crippen LogP contribution in [0.15, 0.2) is 47.5 Å². The van der Waals surface area contributed by atoms with Crippen molar-refractivity contribution in [2.45, 2.75) is 19.1 Å². The van der Waals surface area contributed by atoms with Gasteiger partial charge in [0.2, 0.25) is 0 Å². The topological polar surface area (TPSA) is 38.0 Å². The Balaban J connectivity index is 1.93. The second-order valence-corrected chi connectivity index (χ2v) is 4.57. The Morgan fingerprint density at radius 3 is 2.69 bits per heavy atom. The van der Waals surface area contributed by atoms with Gasteiger partial charge in [0, 0.05) is 23.4 Å². The summed E-state index contributed by atoms with van der Waals surface area (Å²) in [5.74, 6) is 0. The molecule has 1 heterocycles. The number of hydrogen-bond donors (Lipinski definition) is 1. The summed E-state index contributed by atoms with van der Waals surface area (Å²) in [5.41, 5.74) is 0.948. The third-order valence-corrected chi connectivity index (χ3v) is 3.00. The van der Waals surface area contributed by atoms with Gasteiger partial charge in [-0.25, -0.2) is 4.98 Å². The maximum atomic E-state index is 9.96. The minimum Gasteiger partial charge on any atom is -0.388 e. The van der Waals surface area contributed by atoms with E-state index in [0.29, 0.717) is 6.42 Å². The lowest BCUT2D eigenvalue weighted by molar-refractivity contribution is 0.161. The van der Waals surface area contributed by atoms with Crippen LogP contribution in [0.4, 0.5) is 0 Å². The van der Waals surface area contributed by atoms with Gasteiger partial charge in [0.25, 0.3) is 0 Å². The van der Waals surface area contributed by atoms with Crippen LogP contribution in [0.2, 0.25) is 0 Å². The molecule has 16 heavy (non-hydrogen) atoms. The van der Waals surface area contributed by atoms with Gasteiger partial charge in [0.05, 0.1) is 12.4 Å². The smallest absolute Gasteiger partial charge is 0.0945 e. The predicted octanol–water partition coefficient (Wildman–Crippen LogP) is 2.77. The van der Waals surface area contributed by atoms with Gasteiger partial charge in [-0.05, 0) is 24.1 Å². The van der Waals surface area contributed by atoms with E-state index in [1.807, 2.05) is 35.0 Å². The van der Waals surface area contributed by atoms with Gasteiger partial charge in [-0.3, -0.25) is 0 Å². The van der Waals surface area contributed by atoms with Gasteiger partial charge in [0.1, 0.15) is 0 Å². The van der Waals surface area contributed by atoms with E-state index >= 15 is 0 Å². The lowest BCUT2D eigenvalue weighted by Crippen LogP contribution is -2.03. The van der Waals surface area contributed by atoms with E-state index in [1.54, 1.807) is 12.5 Å². The van der Waals surface area contributed by atoms with Crippen molar-refractivity contribution in [3.63, 3.8) is 0 Å². The monoisotopic (exact) mass is 280 g/mol. The average Bonchev–Trinajstić information content (AvgIpc) is 2.80. The van der Waals surface area contributed by atoms with Crippen molar-refractivity contribution in [2.75, 3.05) is 0 Å². The number of aryl methyl sites for hydroxylation is 1. The fraction of sp³-hybridized carbons (Fsp3) is 0.250. The van der Waals surface area contributed by atoms with Crippen LogP contribution in [-0.2, 0) is 6.54 Å². The van der Waals surface area contributed by atoms with Gasteiger partial charge in [-0.2, -0.15) is 0 Å². The number of aromatic nitrogens is 2. The molecule has 0 amide bonds. The summed E-state index contributed by atoms with van der Waals surface area (Å²) in [7, 11) is 0. The third-order valence-electron chi connectivity index (χ3n) is 2.47. The summed E-state index contributed by atoms with van der Waals surface area (Å²) in [5, 5.41) is 9.96. The third kappa shape index (κ3) is 2.93. The summed E-state index contributed by atoms with van der Waals surface area (Å²) >= 11 is 3.37. The van der Waals surface area contributed by atoms with Crippen molar-refractivity contribution in [1.29, 1.82) is 0 Å². The molecule has 0 saturated carbocycles. The molecule has 1 aromatic heterocycles. The molecule has 3 nitrogen and oxygen atoms in total. The molecule has 1 aromatic carbocycles. The first-order valence-corrected chi connectivity index (χ1v) is 5.94. The molecule has 0 aliphatic heterocycles. The second-order valence-electron chi connectivity index (χ2n) is 3.66. The molecular weight excluding hydrogens is 268 g/mol. The van der Waals surface area contributed by atoms with Gasteiger partial charge in [0.15, 0.2) is 0 Å². The van der Waals surface area contributed by atoms with E-state index in [1.165, 1.54) is 0 Å². The van der Waals surface area contributed by atoms with Crippen molar-refractivity contribution in [1.82, 2.24) is 9.55 Å². The van der Waals surface area contributed by atoms with Crippen LogP contribution >= 0.6 is 15.9 Å². The standard InChI is InChI=1S/C12H13BrN2O/c13-11-3-1-10(2-4-11)12(16)5-7-15-8-6-14-9-15/h1-4,6,8-9,12,16H,5,7H2. The van der Waals surface area contributed by atoms with Gasteiger partial charge in [-0.15, -0.1) is 0 Å². The van der Waals surface area contributed by atoms with Crippen molar-refractivity contribution in [2.24, 2.45) is 0 Å². The lowest BCUT2D eigenvalue weighted by atomic mass is 10.1. The molecule has 0 aliphatic rings. The second kappa shape index (κ2) is 5.27. The number of aliphatic hydroxyl groups excluding tert-OH is 1. The van der Waals surface area contributed by atoms with Crippen LogP contribution in [0.1, 0.15) is 18.1 Å². The molecular formula is C12H13BrN2O. The molecule has 0 fully saturated rings. The molecule has 84 valence electrons. The normalized spacial score (nSPS) is 12.6. The fourth-order valence-electron chi connectivity index (χ4n) is 1.54. The zero-order chi connectivity index (χ0) is 11.4. The number of benzene rings is 1. The number of rotatable bonds is 4. The Labute approximate surface area is 103 Å². The number of nitrogens with zero attached hydrogens (tertiary/aromatic N) is 2. The van der Waals surface area contributed by atoms with Gasteiger partial charge < -0.3 is 9.67 Å². The molecule has 1 unspecified atom stereocenters. The maximum absolute atomic E-state index is 9.96. The first kappa shape index (κ1) is 11.4. The quantitative estimate of drug-likeness (QED) is 0.935. The Hall–Kier alpha value is -1.13. The lowest BCUT2D eigenvalue weighted by Gasteiger charge is -2.11. The van der Waals surface area contributed by atoms with Crippen LogP contribution in [0.5, 0.6) is 0 Å². The molecule has 4 heteroatoms. The van der Waals surface area contributed by atoms with E-state index in [2.05, 4.69) is 20.9 Å². The molecule has 1 atom stereocenters. The zero-order valence-electron chi connectivity index (χ0n) is 8.75. The SMILES string of the molecule is OC(CCn1ccnc1)c1ccc(Br)cc1. The maximum Gasteiger partial charge on any atom is 0.0945 e. The minimum absolute atomic E-state index is 0.421. The summed E-state index contributed by atoms with van der Waals surface area (Å²) in [4.78, 5) is 3.96. The summed E-state index contributed by atoms with van der Waals surface area (Å²) in [6.07, 6.45) is 5.67. The summed E-state index contributed by atoms with van der Waals surface area (Å²) < 4.78 is 2.99. The Morgan fingerprint density at radius 1 is 1.31 bits per heavy atom. The highest BCUT2D eigenvalue weighted by Crippen LogP contribution is 2.19. The van der Waals surface area contributed by atoms with E-state index in [9.17, 15) is 5.11 Å². The van der Waals surface area contributed by atoms with E-state index in [0.717, 1.165) is 16.6 Å². The fourth-order valence-corrected chi connectivity index (χ4v) is 1.81. The van der Waals surface area contributed by atoms with Crippen LogP contribution in [-0.4, -0.2) is 14.7 Å². The molecule has 0 aliphatic carbocycles. The Bertz CT molecular complexity index is 425. The van der Waals surface area contributed by atoms with Crippen molar-refractivity contribution in [3.05, 3.63) is 53.0 Å². The highest BCUT2D eigenvalue weighted by Gasteiger charge is 2.06. The molecule has 0 saturated heterocycles. The minimum atomic E-state index is -0.421. The molecule has 2 rings (SSSR count). The summed E-state index contributed by atoms with van der Waals surface area (Å²) in [6, 6.07) is 7.75. The van der Waals surface area contributed by atoms with Gasteiger partial charge in [-0.1, -0.05) is 28.1 Å². The Kier molecular flexibility index (Phi) is 3.74. The van der Waals surface area contributed by atoms with Gasteiger partial charge >= 0.3 is 0 Å². The highest BCUT2D eigenvalue weighted by atomic mass is 79.9. The van der Waals surface area contributed by atoms with Crippen molar-refractivity contribution >= 4 is 15.9 Å². The number of hydrogen-bond acceptors (Lipinski definition) is 2. The van der Waals surface area contributed by atoms with Crippen LogP contribution in [0.3, 0.4) is 0 Å². The molecule has 0 radical (unpaired) electrons. The molecule has 1 N–H and O–H groups in total. The predicted molar refractivity (Wildman–Crippen MR) is 65.9 cm³/mol. The first-order chi connectivity index (χ1) is 7.75. The number of halogens is 1. The van der Waals surface area contributed by atoms with Crippen molar-refractivity contribution < 1.29 is 5.11 Å². The number of imidazole rings is 1. The van der Waals surface area contributed by atoms with Crippen LogP contribution in [0, 0.1) is 0 Å². The molecule has 0 spiro atoms. The van der Waals surface area contributed by atoms with E-state index in [4.69, 9.17) is 0 Å². The zero-order valence-corrected chi connectivity index (χ0v) is 10.3. The number of aliphatic hydroxyl groups is 1. The van der Waals surface area contributed by atoms with E-state index < -0.39 is 6.10 Å². The molecule has 2 aromatic rings. The average molecular weight is 281 g/mol. The van der Waals surface area contributed by atoms with Crippen LogP contribution in [0.25, 0.3) is 0 Å². The first-order valence-electron chi connectivity index (χ1n) is 5.15. The summed E-state index contributed by atoms with van der Waals surface area (Å²) in [6.45, 7) is 0.775. The largest absolute Gasteiger partial charge is 0.388 e. The highest BCUT2D eigenvalue weighted by molar-refractivity contribution is 9.10. The van der Waals surface area contributed by atoms with Crippen LogP contribution < -0.4 is 0 Å². The molecule has 0 bridgehead atoms. The van der Waals surface area contributed by atoms with Crippen molar-refractivity contribution in [3.8, 4) is 0 Å². The Morgan fingerprint density at radius 2 is 2.06 bits per heavy atom.